The van der Waals surface area contributed by atoms with Gasteiger partial charge in [0.25, 0.3) is 0 Å². The second-order valence-electron chi connectivity index (χ2n) is 6.18. The number of rotatable bonds is 7. The van der Waals surface area contributed by atoms with Gasteiger partial charge in [-0.1, -0.05) is 44.1 Å². The number of carbonyl (C=O) groups is 1. The standard InChI is InChI=1S/C17H20ClF3N4OS/c1-4-7-25-15(10(2)3)23-24-16(25)27-9-14(26)22-13-8-11(17(19,20)21)5-6-12(13)18/h5-6,8,10H,4,7,9H2,1-3H3,(H,22,26). The molecule has 0 saturated heterocycles. The lowest BCUT2D eigenvalue weighted by molar-refractivity contribution is -0.137. The van der Waals surface area contributed by atoms with Gasteiger partial charge in [0.1, 0.15) is 5.82 Å². The summed E-state index contributed by atoms with van der Waals surface area (Å²) in [7, 11) is 0. The maximum Gasteiger partial charge on any atom is 0.416 e. The van der Waals surface area contributed by atoms with E-state index in [9.17, 15) is 18.0 Å². The molecule has 1 aromatic carbocycles. The molecular weight excluding hydrogens is 401 g/mol. The van der Waals surface area contributed by atoms with Crippen molar-refractivity contribution in [3.05, 3.63) is 34.6 Å². The van der Waals surface area contributed by atoms with Gasteiger partial charge in [-0.2, -0.15) is 13.2 Å². The predicted octanol–water partition coefficient (Wildman–Crippen LogP) is 5.21. The molecule has 0 unspecified atom stereocenters. The highest BCUT2D eigenvalue weighted by Gasteiger charge is 2.31. The number of aromatic nitrogens is 3. The molecule has 1 N–H and O–H groups in total. The van der Waals surface area contributed by atoms with Crippen molar-refractivity contribution in [2.45, 2.75) is 51.0 Å². The maximum atomic E-state index is 12.8. The molecular formula is C17H20ClF3N4OS. The van der Waals surface area contributed by atoms with Crippen molar-refractivity contribution in [3.8, 4) is 0 Å². The van der Waals surface area contributed by atoms with Crippen LogP contribution in [-0.2, 0) is 17.5 Å². The molecule has 1 amide bonds. The Labute approximate surface area is 164 Å². The van der Waals surface area contributed by atoms with Crippen LogP contribution in [0.5, 0.6) is 0 Å². The highest BCUT2D eigenvalue weighted by Crippen LogP contribution is 2.34. The lowest BCUT2D eigenvalue weighted by Gasteiger charge is -2.12. The third kappa shape index (κ3) is 5.62. The number of hydrogen-bond acceptors (Lipinski definition) is 4. The van der Waals surface area contributed by atoms with Gasteiger partial charge in [0, 0.05) is 12.5 Å². The zero-order chi connectivity index (χ0) is 20.2. The highest BCUT2D eigenvalue weighted by molar-refractivity contribution is 7.99. The lowest BCUT2D eigenvalue weighted by atomic mass is 10.2. The van der Waals surface area contributed by atoms with Crippen LogP contribution in [0.4, 0.5) is 18.9 Å². The Morgan fingerprint density at radius 2 is 2.04 bits per heavy atom. The average molecular weight is 421 g/mol. The van der Waals surface area contributed by atoms with E-state index in [1.165, 1.54) is 11.8 Å². The van der Waals surface area contributed by atoms with Gasteiger partial charge in [0.15, 0.2) is 5.16 Å². The first kappa shape index (κ1) is 21.6. The monoisotopic (exact) mass is 420 g/mol. The fourth-order valence-corrected chi connectivity index (χ4v) is 3.32. The van der Waals surface area contributed by atoms with Gasteiger partial charge in [-0.3, -0.25) is 4.79 Å². The largest absolute Gasteiger partial charge is 0.416 e. The summed E-state index contributed by atoms with van der Waals surface area (Å²) >= 11 is 7.08. The molecule has 0 aliphatic heterocycles. The summed E-state index contributed by atoms with van der Waals surface area (Å²) in [6, 6.07) is 2.80. The molecule has 1 aromatic heterocycles. The lowest BCUT2D eigenvalue weighted by Crippen LogP contribution is -2.16. The van der Waals surface area contributed by atoms with Gasteiger partial charge < -0.3 is 9.88 Å². The third-order valence-corrected chi connectivity index (χ3v) is 4.91. The van der Waals surface area contributed by atoms with E-state index in [4.69, 9.17) is 11.6 Å². The van der Waals surface area contributed by atoms with E-state index >= 15 is 0 Å². The number of alkyl halides is 3. The Morgan fingerprint density at radius 1 is 1.33 bits per heavy atom. The summed E-state index contributed by atoms with van der Waals surface area (Å²) < 4.78 is 40.4. The minimum absolute atomic E-state index is 0.0213. The van der Waals surface area contributed by atoms with Gasteiger partial charge in [-0.25, -0.2) is 0 Å². The fraction of sp³-hybridized carbons (Fsp3) is 0.471. The van der Waals surface area contributed by atoms with E-state index in [-0.39, 0.29) is 22.4 Å². The molecule has 0 aliphatic rings. The quantitative estimate of drug-likeness (QED) is 0.624. The van der Waals surface area contributed by atoms with Crippen LogP contribution < -0.4 is 5.32 Å². The number of benzene rings is 1. The van der Waals surface area contributed by atoms with Gasteiger partial charge >= 0.3 is 6.18 Å². The molecule has 10 heteroatoms. The van der Waals surface area contributed by atoms with E-state index in [1.54, 1.807) is 0 Å². The van der Waals surface area contributed by atoms with Crippen LogP contribution in [0, 0.1) is 0 Å². The van der Waals surface area contributed by atoms with Crippen LogP contribution in [0.25, 0.3) is 0 Å². The second kappa shape index (κ2) is 8.97. The summed E-state index contributed by atoms with van der Waals surface area (Å²) in [4.78, 5) is 12.2. The minimum Gasteiger partial charge on any atom is -0.324 e. The predicted molar refractivity (Wildman–Crippen MR) is 100 cm³/mol. The topological polar surface area (TPSA) is 59.8 Å². The first-order chi connectivity index (χ1) is 12.6. The fourth-order valence-electron chi connectivity index (χ4n) is 2.38. The number of carbonyl (C=O) groups excluding carboxylic acids is 1. The third-order valence-electron chi connectivity index (χ3n) is 3.61. The van der Waals surface area contributed by atoms with Gasteiger partial charge in [0.05, 0.1) is 22.0 Å². The van der Waals surface area contributed by atoms with Crippen molar-refractivity contribution >= 4 is 35.0 Å². The smallest absolute Gasteiger partial charge is 0.324 e. The number of hydrogen-bond donors (Lipinski definition) is 1. The van der Waals surface area contributed by atoms with Crippen LogP contribution >= 0.6 is 23.4 Å². The summed E-state index contributed by atoms with van der Waals surface area (Å²) in [6.45, 7) is 6.77. The highest BCUT2D eigenvalue weighted by atomic mass is 35.5. The Bertz CT molecular complexity index is 808. The maximum absolute atomic E-state index is 12.8. The SMILES string of the molecule is CCCn1c(SCC(=O)Nc2cc(C(F)(F)F)ccc2Cl)nnc1C(C)C. The van der Waals surface area contributed by atoms with E-state index in [0.717, 1.165) is 37.0 Å². The molecule has 0 radical (unpaired) electrons. The van der Waals surface area contributed by atoms with Gasteiger partial charge in [-0.15, -0.1) is 10.2 Å². The van der Waals surface area contributed by atoms with Crippen molar-refractivity contribution < 1.29 is 18.0 Å². The molecule has 5 nitrogen and oxygen atoms in total. The molecule has 0 fully saturated rings. The van der Waals surface area contributed by atoms with Gasteiger partial charge in [-0.05, 0) is 24.6 Å². The van der Waals surface area contributed by atoms with Crippen molar-refractivity contribution in [1.29, 1.82) is 0 Å². The summed E-state index contributed by atoms with van der Waals surface area (Å²) in [5.41, 5.74) is -0.950. The number of halogens is 4. The van der Waals surface area contributed by atoms with Crippen LogP contribution in [0.1, 0.15) is 44.5 Å². The van der Waals surface area contributed by atoms with Gasteiger partial charge in [0.2, 0.25) is 5.91 Å². The van der Waals surface area contributed by atoms with Crippen molar-refractivity contribution in [3.63, 3.8) is 0 Å². The second-order valence-corrected chi connectivity index (χ2v) is 7.53. The van der Waals surface area contributed by atoms with Crippen LogP contribution in [-0.4, -0.2) is 26.4 Å². The summed E-state index contributed by atoms with van der Waals surface area (Å²) in [6.07, 6.45) is -3.63. The van der Waals surface area contributed by atoms with Crippen molar-refractivity contribution in [2.75, 3.05) is 11.1 Å². The first-order valence-corrected chi connectivity index (χ1v) is 9.72. The number of nitrogens with zero attached hydrogens (tertiary/aromatic N) is 3. The van der Waals surface area contributed by atoms with Crippen molar-refractivity contribution in [1.82, 2.24) is 14.8 Å². The van der Waals surface area contributed by atoms with E-state index in [1.807, 2.05) is 25.3 Å². The molecule has 2 rings (SSSR count). The van der Waals surface area contributed by atoms with E-state index < -0.39 is 17.6 Å². The Kier molecular flexibility index (Phi) is 7.16. The Morgan fingerprint density at radius 3 is 2.63 bits per heavy atom. The zero-order valence-corrected chi connectivity index (χ0v) is 16.7. The summed E-state index contributed by atoms with van der Waals surface area (Å²) in [5, 5.41) is 11.4. The molecule has 2 aromatic rings. The number of thioether (sulfide) groups is 1. The van der Waals surface area contributed by atoms with Crippen LogP contribution in [0.2, 0.25) is 5.02 Å². The molecule has 0 atom stereocenters. The normalized spacial score (nSPS) is 11.9. The number of amides is 1. The van der Waals surface area contributed by atoms with E-state index in [0.29, 0.717) is 5.16 Å². The first-order valence-electron chi connectivity index (χ1n) is 8.36. The zero-order valence-electron chi connectivity index (χ0n) is 15.1. The molecule has 0 spiro atoms. The summed E-state index contributed by atoms with van der Waals surface area (Å²) in [5.74, 6) is 0.530. The van der Waals surface area contributed by atoms with Crippen LogP contribution in [0.3, 0.4) is 0 Å². The Hall–Kier alpha value is -1.74. The minimum atomic E-state index is -4.51. The molecule has 148 valence electrons. The van der Waals surface area contributed by atoms with E-state index in [2.05, 4.69) is 15.5 Å². The van der Waals surface area contributed by atoms with Crippen molar-refractivity contribution in [2.24, 2.45) is 0 Å². The number of nitrogens with one attached hydrogen (secondary N) is 1. The molecule has 0 bridgehead atoms. The molecule has 0 saturated carbocycles. The number of anilines is 1. The molecule has 0 aliphatic carbocycles. The van der Waals surface area contributed by atoms with Crippen LogP contribution in [0.15, 0.2) is 23.4 Å². The molecule has 1 heterocycles. The molecule has 27 heavy (non-hydrogen) atoms. The average Bonchev–Trinajstić information content (AvgIpc) is 2.97. The Balaban J connectivity index is 2.07.